The minimum atomic E-state index is -0.952. The van der Waals surface area contributed by atoms with E-state index < -0.39 is 17.4 Å². The number of para-hydroxylation sites is 1. The molecule has 0 bridgehead atoms. The van der Waals surface area contributed by atoms with E-state index in [-0.39, 0.29) is 25.5 Å². The molecular formula is C17H24N4O4. The summed E-state index contributed by atoms with van der Waals surface area (Å²) in [5.41, 5.74) is -0.350. The molecule has 8 nitrogen and oxygen atoms in total. The lowest BCUT2D eigenvalue weighted by Crippen LogP contribution is -2.45. The maximum atomic E-state index is 12.6. The lowest BCUT2D eigenvalue weighted by Gasteiger charge is -2.22. The number of aliphatic hydroxyl groups is 1. The molecule has 1 amide bonds. The maximum absolute atomic E-state index is 12.6. The summed E-state index contributed by atoms with van der Waals surface area (Å²) in [6.45, 7) is 0.188. The van der Waals surface area contributed by atoms with Crippen LogP contribution in [0.1, 0.15) is 0 Å². The molecule has 0 aliphatic carbocycles. The van der Waals surface area contributed by atoms with Crippen molar-refractivity contribution in [2.75, 3.05) is 34.2 Å². The minimum absolute atomic E-state index is 0.0894. The molecule has 2 aromatic rings. The van der Waals surface area contributed by atoms with Crippen LogP contribution >= 0.6 is 0 Å². The average Bonchev–Trinajstić information content (AvgIpc) is 2.56. The third kappa shape index (κ3) is 4.15. The lowest BCUT2D eigenvalue weighted by molar-refractivity contribution is -0.129. The molecular weight excluding hydrogens is 324 g/mol. The Morgan fingerprint density at radius 3 is 2.48 bits per heavy atom. The molecule has 0 spiro atoms. The number of likely N-dealkylation sites (N-methyl/N-ethyl adjacent to an activating group) is 2. The van der Waals surface area contributed by atoms with Gasteiger partial charge in [0.15, 0.2) is 0 Å². The Hall–Kier alpha value is -2.45. The quantitative estimate of drug-likeness (QED) is 0.730. The first-order valence-electron chi connectivity index (χ1n) is 7.97. The molecule has 0 aliphatic heterocycles. The number of carbonyl (C=O) groups excluding carboxylic acids is 1. The van der Waals surface area contributed by atoms with Crippen LogP contribution in [0.5, 0.6) is 0 Å². The van der Waals surface area contributed by atoms with Gasteiger partial charge in [-0.1, -0.05) is 12.1 Å². The molecule has 25 heavy (non-hydrogen) atoms. The Labute approximate surface area is 145 Å². The zero-order valence-corrected chi connectivity index (χ0v) is 15.0. The number of fused-ring (bicyclic) bond motifs is 1. The summed E-state index contributed by atoms with van der Waals surface area (Å²) in [5.74, 6) is -0.0894. The summed E-state index contributed by atoms with van der Waals surface area (Å²) in [4.78, 5) is 39.8. The second-order valence-corrected chi connectivity index (χ2v) is 6.41. The van der Waals surface area contributed by atoms with E-state index in [4.69, 9.17) is 0 Å². The number of hydrogen-bond acceptors (Lipinski definition) is 5. The Balaban J connectivity index is 2.21. The molecule has 2 rings (SSSR count). The Morgan fingerprint density at radius 1 is 1.20 bits per heavy atom. The monoisotopic (exact) mass is 348 g/mol. The van der Waals surface area contributed by atoms with Crippen LogP contribution in [0.25, 0.3) is 10.9 Å². The van der Waals surface area contributed by atoms with Crippen LogP contribution in [0.4, 0.5) is 0 Å². The first kappa shape index (κ1) is 18.9. The molecule has 0 radical (unpaired) electrons. The first-order chi connectivity index (χ1) is 11.7. The zero-order chi connectivity index (χ0) is 18.7. The lowest BCUT2D eigenvalue weighted by atomic mass is 10.2. The number of carbonyl (C=O) groups is 1. The predicted octanol–water partition coefficient (Wildman–Crippen LogP) is -0.919. The normalized spacial score (nSPS) is 12.6. The summed E-state index contributed by atoms with van der Waals surface area (Å²) in [5, 5.41) is 10.7. The van der Waals surface area contributed by atoms with E-state index in [2.05, 4.69) is 0 Å². The molecule has 1 heterocycles. The topological polar surface area (TPSA) is 87.8 Å². The van der Waals surface area contributed by atoms with Crippen molar-refractivity contribution in [1.82, 2.24) is 18.9 Å². The highest BCUT2D eigenvalue weighted by Gasteiger charge is 2.17. The van der Waals surface area contributed by atoms with Gasteiger partial charge in [-0.25, -0.2) is 4.79 Å². The van der Waals surface area contributed by atoms with Crippen LogP contribution in [0.2, 0.25) is 0 Å². The van der Waals surface area contributed by atoms with Crippen LogP contribution in [-0.2, 0) is 18.4 Å². The number of benzene rings is 1. The van der Waals surface area contributed by atoms with Gasteiger partial charge < -0.3 is 10.0 Å². The van der Waals surface area contributed by atoms with E-state index in [1.165, 1.54) is 9.47 Å². The molecule has 1 N–H and O–H groups in total. The largest absolute Gasteiger partial charge is 0.390 e. The Morgan fingerprint density at radius 2 is 1.84 bits per heavy atom. The van der Waals surface area contributed by atoms with Gasteiger partial charge in [0.2, 0.25) is 5.91 Å². The van der Waals surface area contributed by atoms with Crippen molar-refractivity contribution in [2.45, 2.75) is 12.6 Å². The van der Waals surface area contributed by atoms with Gasteiger partial charge in [0.1, 0.15) is 0 Å². The summed E-state index contributed by atoms with van der Waals surface area (Å²) < 4.78 is 2.43. The van der Waals surface area contributed by atoms with E-state index in [0.717, 1.165) is 4.57 Å². The van der Waals surface area contributed by atoms with Crippen molar-refractivity contribution >= 4 is 16.8 Å². The minimum Gasteiger partial charge on any atom is -0.390 e. The van der Waals surface area contributed by atoms with E-state index in [9.17, 15) is 19.5 Å². The Kier molecular flexibility index (Phi) is 5.76. The van der Waals surface area contributed by atoms with Crippen molar-refractivity contribution in [3.05, 3.63) is 45.1 Å². The number of nitrogens with zero attached hydrogens (tertiary/aromatic N) is 4. The smallest absolute Gasteiger partial charge is 0.331 e. The summed E-state index contributed by atoms with van der Waals surface area (Å²) in [7, 11) is 6.61. The number of aromatic nitrogens is 2. The number of hydrogen-bond donors (Lipinski definition) is 1. The van der Waals surface area contributed by atoms with Crippen LogP contribution in [0, 0.1) is 0 Å². The van der Waals surface area contributed by atoms with Gasteiger partial charge in [-0.3, -0.25) is 23.6 Å². The maximum Gasteiger partial charge on any atom is 0.331 e. The van der Waals surface area contributed by atoms with Crippen molar-refractivity contribution in [1.29, 1.82) is 0 Å². The van der Waals surface area contributed by atoms with Crippen molar-refractivity contribution in [3.63, 3.8) is 0 Å². The highest BCUT2D eigenvalue weighted by molar-refractivity contribution is 5.78. The second kappa shape index (κ2) is 7.62. The van der Waals surface area contributed by atoms with Crippen LogP contribution in [-0.4, -0.2) is 70.3 Å². The number of aliphatic hydroxyl groups excluding tert-OH is 1. The van der Waals surface area contributed by atoms with Crippen molar-refractivity contribution in [3.8, 4) is 0 Å². The third-order valence-electron chi connectivity index (χ3n) is 4.08. The number of aryl methyl sites for hydroxylation is 1. The SMILES string of the molecule is CN(CC(=O)N(C)C)CC(O)Cn1c(=O)c2ccccc2n(C)c1=O. The second-order valence-electron chi connectivity index (χ2n) is 6.41. The summed E-state index contributed by atoms with van der Waals surface area (Å²) in [6.07, 6.45) is -0.952. The number of rotatable bonds is 6. The van der Waals surface area contributed by atoms with E-state index in [1.807, 2.05) is 0 Å². The van der Waals surface area contributed by atoms with Gasteiger partial charge in [0.25, 0.3) is 5.56 Å². The predicted molar refractivity (Wildman–Crippen MR) is 95.6 cm³/mol. The van der Waals surface area contributed by atoms with Crippen LogP contribution < -0.4 is 11.2 Å². The molecule has 1 atom stereocenters. The molecule has 136 valence electrons. The summed E-state index contributed by atoms with van der Waals surface area (Å²) >= 11 is 0. The van der Waals surface area contributed by atoms with E-state index in [1.54, 1.807) is 57.4 Å². The fourth-order valence-corrected chi connectivity index (χ4v) is 2.69. The van der Waals surface area contributed by atoms with Crippen molar-refractivity contribution in [2.24, 2.45) is 7.05 Å². The molecule has 0 saturated carbocycles. The molecule has 1 aromatic heterocycles. The average molecular weight is 348 g/mol. The molecule has 0 saturated heterocycles. The third-order valence-corrected chi connectivity index (χ3v) is 4.08. The molecule has 1 aromatic carbocycles. The first-order valence-corrected chi connectivity index (χ1v) is 7.97. The van der Waals surface area contributed by atoms with Gasteiger partial charge in [-0.15, -0.1) is 0 Å². The van der Waals surface area contributed by atoms with Gasteiger partial charge in [-0.2, -0.15) is 0 Å². The van der Waals surface area contributed by atoms with E-state index in [0.29, 0.717) is 10.9 Å². The Bertz CT molecular complexity index is 884. The molecule has 0 aliphatic rings. The van der Waals surface area contributed by atoms with E-state index >= 15 is 0 Å². The van der Waals surface area contributed by atoms with Gasteiger partial charge in [0, 0.05) is 27.7 Å². The fourth-order valence-electron chi connectivity index (χ4n) is 2.69. The van der Waals surface area contributed by atoms with Gasteiger partial charge >= 0.3 is 5.69 Å². The van der Waals surface area contributed by atoms with Crippen molar-refractivity contribution < 1.29 is 9.90 Å². The summed E-state index contributed by atoms with van der Waals surface area (Å²) in [6, 6.07) is 6.86. The molecule has 0 fully saturated rings. The highest BCUT2D eigenvalue weighted by atomic mass is 16.3. The number of amides is 1. The zero-order valence-electron chi connectivity index (χ0n) is 15.0. The van der Waals surface area contributed by atoms with Crippen LogP contribution in [0.3, 0.4) is 0 Å². The standard InChI is InChI=1S/C17H24N4O4/c1-18(2)15(23)11-19(3)9-12(22)10-21-16(24)13-7-5-6-8-14(13)20(4)17(21)25/h5-8,12,22H,9-11H2,1-4H3. The molecule has 1 unspecified atom stereocenters. The van der Waals surface area contributed by atoms with Gasteiger partial charge in [-0.05, 0) is 19.2 Å². The highest BCUT2D eigenvalue weighted by Crippen LogP contribution is 2.06. The molecule has 8 heteroatoms. The van der Waals surface area contributed by atoms with Gasteiger partial charge in [0.05, 0.1) is 30.1 Å². The fraction of sp³-hybridized carbons (Fsp3) is 0.471. The van der Waals surface area contributed by atoms with Crippen LogP contribution in [0.15, 0.2) is 33.9 Å².